The molecule has 1 heterocycles. The molecule has 1 aliphatic heterocycles. The highest BCUT2D eigenvalue weighted by atomic mass is 16.2. The smallest absolute Gasteiger partial charge is 0.262 e. The van der Waals surface area contributed by atoms with Crippen molar-refractivity contribution in [2.24, 2.45) is 0 Å². The summed E-state index contributed by atoms with van der Waals surface area (Å²) in [5.41, 5.74) is 1.30. The number of amides is 2. The zero-order chi connectivity index (χ0) is 16.4. The predicted molar refractivity (Wildman–Crippen MR) is 86.3 cm³/mol. The lowest BCUT2D eigenvalue weighted by Gasteiger charge is -2.22. The molecule has 0 N–H and O–H groups in total. The second-order valence-electron chi connectivity index (χ2n) is 5.32. The normalized spacial score (nSPS) is 14.5. The number of nitrogens with zero attached hydrogens (tertiary/aromatic N) is 1. The van der Waals surface area contributed by atoms with Gasteiger partial charge in [-0.3, -0.25) is 19.3 Å². The van der Waals surface area contributed by atoms with Gasteiger partial charge in [0.15, 0.2) is 5.78 Å². The molecule has 0 spiro atoms. The molecule has 2 aromatic carbocycles. The topological polar surface area (TPSA) is 54.5 Å². The summed E-state index contributed by atoms with van der Waals surface area (Å²) in [6.45, 7) is 3.69. The minimum atomic E-state index is -0.657. The Kier molecular flexibility index (Phi) is 3.89. The maximum atomic E-state index is 12.5. The Bertz CT molecular complexity index is 760. The van der Waals surface area contributed by atoms with E-state index < -0.39 is 6.04 Å². The van der Waals surface area contributed by atoms with E-state index >= 15 is 0 Å². The van der Waals surface area contributed by atoms with Crippen molar-refractivity contribution < 1.29 is 14.4 Å². The van der Waals surface area contributed by atoms with Crippen LogP contribution in [0.3, 0.4) is 0 Å². The number of hydrogen-bond donors (Lipinski definition) is 0. The van der Waals surface area contributed by atoms with Crippen LogP contribution in [0.15, 0.2) is 67.3 Å². The molecular formula is C19H15NO3. The first-order chi connectivity index (χ1) is 11.1. The maximum Gasteiger partial charge on any atom is 0.262 e. The molecule has 2 aromatic rings. The monoisotopic (exact) mass is 305 g/mol. The number of rotatable bonds is 5. The Morgan fingerprint density at radius 1 is 0.957 bits per heavy atom. The van der Waals surface area contributed by atoms with E-state index in [-0.39, 0.29) is 24.0 Å². The summed E-state index contributed by atoms with van der Waals surface area (Å²) >= 11 is 0. The molecule has 4 heteroatoms. The molecule has 2 amide bonds. The number of hydrogen-bond acceptors (Lipinski definition) is 3. The van der Waals surface area contributed by atoms with Gasteiger partial charge in [0.1, 0.15) is 0 Å². The molecule has 0 saturated heterocycles. The zero-order valence-electron chi connectivity index (χ0n) is 12.4. The van der Waals surface area contributed by atoms with Crippen LogP contribution in [-0.2, 0) is 0 Å². The number of ketones is 1. The van der Waals surface area contributed by atoms with Crippen molar-refractivity contribution >= 4 is 17.6 Å². The third kappa shape index (κ3) is 2.59. The fourth-order valence-electron chi connectivity index (χ4n) is 2.72. The number of benzene rings is 2. The minimum absolute atomic E-state index is 0.0268. The van der Waals surface area contributed by atoms with Crippen LogP contribution in [0.2, 0.25) is 0 Å². The van der Waals surface area contributed by atoms with Gasteiger partial charge in [-0.1, -0.05) is 48.5 Å². The first-order valence-corrected chi connectivity index (χ1v) is 7.31. The van der Waals surface area contributed by atoms with Crippen molar-refractivity contribution in [3.8, 4) is 0 Å². The molecule has 1 aliphatic rings. The average molecular weight is 305 g/mol. The Labute approximate surface area is 134 Å². The van der Waals surface area contributed by atoms with Crippen LogP contribution >= 0.6 is 0 Å². The van der Waals surface area contributed by atoms with Crippen molar-refractivity contribution in [3.63, 3.8) is 0 Å². The second kappa shape index (κ2) is 6.01. The van der Waals surface area contributed by atoms with Gasteiger partial charge in [0.25, 0.3) is 11.8 Å². The van der Waals surface area contributed by atoms with Crippen LogP contribution in [0.1, 0.15) is 37.5 Å². The van der Waals surface area contributed by atoms with Gasteiger partial charge in [-0.25, -0.2) is 0 Å². The van der Waals surface area contributed by atoms with Gasteiger partial charge >= 0.3 is 0 Å². The van der Waals surface area contributed by atoms with Gasteiger partial charge in [0.2, 0.25) is 0 Å². The SMILES string of the molecule is C=CC(CC(=O)c1ccccc1)N1C(=O)c2ccccc2C1=O. The van der Waals surface area contributed by atoms with Crippen LogP contribution in [0, 0.1) is 0 Å². The molecule has 0 bridgehead atoms. The molecule has 23 heavy (non-hydrogen) atoms. The van der Waals surface area contributed by atoms with E-state index in [9.17, 15) is 14.4 Å². The van der Waals surface area contributed by atoms with Crippen LogP contribution < -0.4 is 0 Å². The highest BCUT2D eigenvalue weighted by Crippen LogP contribution is 2.26. The summed E-state index contributed by atoms with van der Waals surface area (Å²) in [4.78, 5) is 38.4. The second-order valence-corrected chi connectivity index (χ2v) is 5.32. The summed E-state index contributed by atoms with van der Waals surface area (Å²) in [5, 5.41) is 0. The molecule has 0 fully saturated rings. The standard InChI is InChI=1S/C19H15NO3/c1-2-14(12-17(21)13-8-4-3-5-9-13)20-18(22)15-10-6-7-11-16(15)19(20)23/h2-11,14H,1,12H2. The van der Waals surface area contributed by atoms with Crippen molar-refractivity contribution in [1.29, 1.82) is 0 Å². The average Bonchev–Trinajstić information content (AvgIpc) is 2.85. The Morgan fingerprint density at radius 3 is 2.00 bits per heavy atom. The van der Waals surface area contributed by atoms with Crippen LogP contribution in [-0.4, -0.2) is 28.5 Å². The molecule has 0 radical (unpaired) electrons. The van der Waals surface area contributed by atoms with Gasteiger partial charge < -0.3 is 0 Å². The Morgan fingerprint density at radius 2 is 1.48 bits per heavy atom. The fraction of sp³-hybridized carbons (Fsp3) is 0.105. The molecular weight excluding hydrogens is 290 g/mol. The first-order valence-electron chi connectivity index (χ1n) is 7.31. The highest BCUT2D eigenvalue weighted by Gasteiger charge is 2.39. The van der Waals surface area contributed by atoms with Crippen molar-refractivity contribution in [3.05, 3.63) is 83.9 Å². The third-order valence-corrected chi connectivity index (χ3v) is 3.92. The first kappa shape index (κ1) is 14.9. The molecule has 4 nitrogen and oxygen atoms in total. The summed E-state index contributed by atoms with van der Waals surface area (Å²) in [6.07, 6.45) is 1.50. The predicted octanol–water partition coefficient (Wildman–Crippen LogP) is 3.11. The Balaban J connectivity index is 1.85. The molecule has 0 aromatic heterocycles. The summed E-state index contributed by atoms with van der Waals surface area (Å²) < 4.78 is 0. The summed E-state index contributed by atoms with van der Waals surface area (Å²) in [5.74, 6) is -0.889. The van der Waals surface area contributed by atoms with E-state index in [0.717, 1.165) is 4.90 Å². The van der Waals surface area contributed by atoms with Gasteiger partial charge in [-0.05, 0) is 12.1 Å². The van der Waals surface area contributed by atoms with Crippen LogP contribution in [0.4, 0.5) is 0 Å². The molecule has 114 valence electrons. The van der Waals surface area contributed by atoms with E-state index in [1.807, 2.05) is 6.07 Å². The lowest BCUT2D eigenvalue weighted by atomic mass is 10.0. The van der Waals surface area contributed by atoms with Crippen molar-refractivity contribution in [2.75, 3.05) is 0 Å². The van der Waals surface area contributed by atoms with E-state index in [1.54, 1.807) is 48.5 Å². The summed E-state index contributed by atoms with van der Waals surface area (Å²) in [6, 6.07) is 14.8. The molecule has 3 rings (SSSR count). The third-order valence-electron chi connectivity index (χ3n) is 3.92. The van der Waals surface area contributed by atoms with Gasteiger partial charge in [0, 0.05) is 12.0 Å². The fourth-order valence-corrected chi connectivity index (χ4v) is 2.72. The maximum absolute atomic E-state index is 12.5. The van der Waals surface area contributed by atoms with Crippen LogP contribution in [0.5, 0.6) is 0 Å². The van der Waals surface area contributed by atoms with E-state index in [2.05, 4.69) is 6.58 Å². The van der Waals surface area contributed by atoms with E-state index in [4.69, 9.17) is 0 Å². The van der Waals surface area contributed by atoms with Crippen molar-refractivity contribution in [2.45, 2.75) is 12.5 Å². The van der Waals surface area contributed by atoms with Crippen LogP contribution in [0.25, 0.3) is 0 Å². The quantitative estimate of drug-likeness (QED) is 0.484. The van der Waals surface area contributed by atoms with Crippen molar-refractivity contribution in [1.82, 2.24) is 4.90 Å². The number of imide groups is 1. The minimum Gasteiger partial charge on any atom is -0.294 e. The molecule has 0 aliphatic carbocycles. The summed E-state index contributed by atoms with van der Waals surface area (Å²) in [7, 11) is 0. The van der Waals surface area contributed by atoms with Gasteiger partial charge in [0.05, 0.1) is 17.2 Å². The molecule has 1 unspecified atom stereocenters. The lowest BCUT2D eigenvalue weighted by molar-refractivity contribution is 0.0605. The lowest BCUT2D eigenvalue weighted by Crippen LogP contribution is -2.39. The van der Waals surface area contributed by atoms with E-state index in [1.165, 1.54) is 6.08 Å². The number of carbonyl (C=O) groups is 3. The molecule has 1 atom stereocenters. The van der Waals surface area contributed by atoms with Gasteiger partial charge in [-0.15, -0.1) is 6.58 Å². The van der Waals surface area contributed by atoms with Gasteiger partial charge in [-0.2, -0.15) is 0 Å². The number of Topliss-reactive ketones (excluding diaryl/α,β-unsaturated/α-hetero) is 1. The Hall–Kier alpha value is -3.01. The zero-order valence-corrected chi connectivity index (χ0v) is 12.4. The van der Waals surface area contributed by atoms with E-state index in [0.29, 0.717) is 16.7 Å². The molecule has 0 saturated carbocycles. The largest absolute Gasteiger partial charge is 0.294 e. The number of carbonyl (C=O) groups excluding carboxylic acids is 3. The number of fused-ring (bicyclic) bond motifs is 1. The highest BCUT2D eigenvalue weighted by molar-refractivity contribution is 6.21.